The monoisotopic (exact) mass is 417 g/mol. The molecule has 6 nitrogen and oxygen atoms in total. The lowest BCUT2D eigenvalue weighted by Gasteiger charge is -2.08. The minimum absolute atomic E-state index is 0.191. The number of hydrogen-bond donors (Lipinski definition) is 0. The molecule has 0 aliphatic carbocycles. The number of carbonyl (C=O) groups is 1. The molecule has 3 aromatic rings. The van der Waals surface area contributed by atoms with Crippen molar-refractivity contribution in [3.05, 3.63) is 58.3 Å². The SMILES string of the molecule is CCOC(=O)CCn1nc(-c2cccc(Cl)c2)n(-c2ccc(OC)cc2)c1=S. The molecule has 2 aromatic carbocycles. The number of aromatic nitrogens is 3. The van der Waals surface area contributed by atoms with Crippen molar-refractivity contribution in [2.45, 2.75) is 19.9 Å². The van der Waals surface area contributed by atoms with Crippen molar-refractivity contribution >= 4 is 29.8 Å². The molecule has 1 heterocycles. The van der Waals surface area contributed by atoms with Crippen LogP contribution in [0.4, 0.5) is 0 Å². The van der Waals surface area contributed by atoms with E-state index in [4.69, 9.17) is 33.3 Å². The van der Waals surface area contributed by atoms with E-state index in [0.717, 1.165) is 17.0 Å². The average Bonchev–Trinajstić information content (AvgIpc) is 3.03. The molecule has 3 rings (SSSR count). The minimum Gasteiger partial charge on any atom is -0.497 e. The molecule has 0 saturated carbocycles. The highest BCUT2D eigenvalue weighted by atomic mass is 35.5. The molecular weight excluding hydrogens is 398 g/mol. The predicted octanol–water partition coefficient (Wildman–Crippen LogP) is 4.69. The van der Waals surface area contributed by atoms with E-state index in [9.17, 15) is 4.79 Å². The molecule has 8 heteroatoms. The van der Waals surface area contributed by atoms with E-state index >= 15 is 0 Å². The van der Waals surface area contributed by atoms with Gasteiger partial charge in [0.2, 0.25) is 4.77 Å². The van der Waals surface area contributed by atoms with Crippen LogP contribution in [0, 0.1) is 4.77 Å². The number of carbonyl (C=O) groups excluding carboxylic acids is 1. The van der Waals surface area contributed by atoms with Crippen LogP contribution in [0.3, 0.4) is 0 Å². The number of nitrogens with zero attached hydrogens (tertiary/aromatic N) is 3. The Morgan fingerprint density at radius 2 is 1.96 bits per heavy atom. The van der Waals surface area contributed by atoms with Gasteiger partial charge in [0.15, 0.2) is 5.82 Å². The molecule has 1 aromatic heterocycles. The lowest BCUT2D eigenvalue weighted by molar-refractivity contribution is -0.143. The van der Waals surface area contributed by atoms with Crippen LogP contribution in [0.1, 0.15) is 13.3 Å². The normalized spacial score (nSPS) is 10.7. The second-order valence-electron chi connectivity index (χ2n) is 5.93. The highest BCUT2D eigenvalue weighted by molar-refractivity contribution is 7.71. The van der Waals surface area contributed by atoms with Crippen molar-refractivity contribution in [1.29, 1.82) is 0 Å². The third-order valence-corrected chi connectivity index (χ3v) is 4.71. The highest BCUT2D eigenvalue weighted by Gasteiger charge is 2.16. The number of methoxy groups -OCH3 is 1. The Labute approximate surface area is 173 Å². The van der Waals surface area contributed by atoms with E-state index in [1.165, 1.54) is 0 Å². The van der Waals surface area contributed by atoms with Crippen molar-refractivity contribution in [2.75, 3.05) is 13.7 Å². The van der Waals surface area contributed by atoms with Crippen molar-refractivity contribution in [3.8, 4) is 22.8 Å². The first-order valence-corrected chi connectivity index (χ1v) is 9.58. The molecular formula is C20H20ClN3O3S. The Kier molecular flexibility index (Phi) is 6.49. The van der Waals surface area contributed by atoms with Crippen molar-refractivity contribution in [2.24, 2.45) is 0 Å². The molecule has 0 fully saturated rings. The smallest absolute Gasteiger partial charge is 0.307 e. The maximum atomic E-state index is 11.7. The van der Waals surface area contributed by atoms with E-state index in [2.05, 4.69) is 5.10 Å². The lowest BCUT2D eigenvalue weighted by atomic mass is 10.2. The van der Waals surface area contributed by atoms with Crippen LogP contribution in [-0.2, 0) is 16.1 Å². The number of rotatable bonds is 7. The van der Waals surface area contributed by atoms with Crippen LogP contribution in [0.2, 0.25) is 5.02 Å². The Hall–Kier alpha value is -2.64. The molecule has 0 atom stereocenters. The third-order valence-electron chi connectivity index (χ3n) is 4.09. The summed E-state index contributed by atoms with van der Waals surface area (Å²) in [5, 5.41) is 5.25. The van der Waals surface area contributed by atoms with Crippen LogP contribution in [0.25, 0.3) is 17.1 Å². The Morgan fingerprint density at radius 3 is 2.61 bits per heavy atom. The zero-order valence-electron chi connectivity index (χ0n) is 15.6. The summed E-state index contributed by atoms with van der Waals surface area (Å²) in [6.45, 7) is 2.45. The summed E-state index contributed by atoms with van der Waals surface area (Å²) in [5.41, 5.74) is 1.66. The summed E-state index contributed by atoms with van der Waals surface area (Å²) in [6.07, 6.45) is 0.191. The summed E-state index contributed by atoms with van der Waals surface area (Å²) in [6, 6.07) is 14.9. The van der Waals surface area contributed by atoms with Crippen molar-refractivity contribution < 1.29 is 14.3 Å². The number of hydrogen-bond acceptors (Lipinski definition) is 5. The van der Waals surface area contributed by atoms with Crippen LogP contribution < -0.4 is 4.74 Å². The van der Waals surface area contributed by atoms with E-state index in [0.29, 0.717) is 28.8 Å². The zero-order valence-corrected chi connectivity index (χ0v) is 17.2. The quantitative estimate of drug-likeness (QED) is 0.412. The Bertz CT molecular complexity index is 1030. The lowest BCUT2D eigenvalue weighted by Crippen LogP contribution is -2.10. The van der Waals surface area contributed by atoms with Gasteiger partial charge in [-0.1, -0.05) is 23.7 Å². The fourth-order valence-electron chi connectivity index (χ4n) is 2.76. The minimum atomic E-state index is -0.285. The molecule has 0 spiro atoms. The van der Waals surface area contributed by atoms with Gasteiger partial charge in [-0.05, 0) is 55.5 Å². The Morgan fingerprint density at radius 1 is 1.21 bits per heavy atom. The second kappa shape index (κ2) is 9.03. The van der Waals surface area contributed by atoms with Crippen LogP contribution >= 0.6 is 23.8 Å². The summed E-state index contributed by atoms with van der Waals surface area (Å²) in [5.74, 6) is 1.10. The van der Waals surface area contributed by atoms with Crippen LogP contribution in [0.15, 0.2) is 48.5 Å². The maximum absolute atomic E-state index is 11.7. The fourth-order valence-corrected chi connectivity index (χ4v) is 3.28. The molecule has 146 valence electrons. The van der Waals surface area contributed by atoms with E-state index in [1.807, 2.05) is 47.0 Å². The summed E-state index contributed by atoms with van der Waals surface area (Å²) in [7, 11) is 1.62. The van der Waals surface area contributed by atoms with Gasteiger partial charge in [0, 0.05) is 10.6 Å². The Balaban J connectivity index is 2.06. The van der Waals surface area contributed by atoms with Crippen LogP contribution in [0.5, 0.6) is 5.75 Å². The first-order chi connectivity index (χ1) is 13.5. The molecule has 0 aliphatic rings. The maximum Gasteiger partial charge on any atom is 0.307 e. The largest absolute Gasteiger partial charge is 0.497 e. The first kappa shape index (κ1) is 20.1. The number of aryl methyl sites for hydroxylation is 1. The molecule has 0 saturated heterocycles. The molecule has 0 bridgehead atoms. The van der Waals surface area contributed by atoms with Gasteiger partial charge in [-0.15, -0.1) is 0 Å². The number of ether oxygens (including phenoxy) is 2. The van der Waals surface area contributed by atoms with Gasteiger partial charge in [-0.2, -0.15) is 5.10 Å². The standard InChI is InChI=1S/C20H20ClN3O3S/c1-3-27-18(25)11-12-23-20(28)24(16-7-9-17(26-2)10-8-16)19(22-23)14-5-4-6-15(21)13-14/h4-10,13H,3,11-12H2,1-2H3. The summed E-state index contributed by atoms with van der Waals surface area (Å²) in [4.78, 5) is 11.7. The molecule has 0 amide bonds. The average molecular weight is 418 g/mol. The highest BCUT2D eigenvalue weighted by Crippen LogP contribution is 2.26. The van der Waals surface area contributed by atoms with Gasteiger partial charge >= 0.3 is 5.97 Å². The first-order valence-electron chi connectivity index (χ1n) is 8.79. The third kappa shape index (κ3) is 4.43. The molecule has 0 aliphatic heterocycles. The molecule has 0 unspecified atom stereocenters. The summed E-state index contributed by atoms with van der Waals surface area (Å²) < 4.78 is 14.2. The van der Waals surface area contributed by atoms with E-state index in [-0.39, 0.29) is 12.4 Å². The van der Waals surface area contributed by atoms with Gasteiger partial charge in [-0.25, -0.2) is 4.68 Å². The van der Waals surface area contributed by atoms with Gasteiger partial charge in [0.25, 0.3) is 0 Å². The van der Waals surface area contributed by atoms with Crippen molar-refractivity contribution in [3.63, 3.8) is 0 Å². The topological polar surface area (TPSA) is 58.3 Å². The number of halogens is 1. The molecule has 0 radical (unpaired) electrons. The number of benzene rings is 2. The van der Waals surface area contributed by atoms with Gasteiger partial charge in [0.05, 0.1) is 32.4 Å². The zero-order chi connectivity index (χ0) is 20.1. The van der Waals surface area contributed by atoms with Crippen LogP contribution in [-0.4, -0.2) is 34.0 Å². The molecule has 28 heavy (non-hydrogen) atoms. The van der Waals surface area contributed by atoms with E-state index in [1.54, 1.807) is 24.8 Å². The van der Waals surface area contributed by atoms with Crippen molar-refractivity contribution in [1.82, 2.24) is 14.3 Å². The predicted molar refractivity (Wildman–Crippen MR) is 111 cm³/mol. The summed E-state index contributed by atoms with van der Waals surface area (Å²) >= 11 is 11.8. The fraction of sp³-hybridized carbons (Fsp3) is 0.250. The van der Waals surface area contributed by atoms with Gasteiger partial charge in [-0.3, -0.25) is 9.36 Å². The van der Waals surface area contributed by atoms with Gasteiger partial charge in [0.1, 0.15) is 5.75 Å². The number of esters is 1. The molecule has 0 N–H and O–H groups in total. The van der Waals surface area contributed by atoms with Gasteiger partial charge < -0.3 is 9.47 Å². The second-order valence-corrected chi connectivity index (χ2v) is 6.73. The van der Waals surface area contributed by atoms with E-state index < -0.39 is 0 Å².